The zero-order chi connectivity index (χ0) is 17.9. The lowest BCUT2D eigenvalue weighted by Gasteiger charge is -2.11. The molecule has 26 heavy (non-hydrogen) atoms. The zero-order valence-corrected chi connectivity index (χ0v) is 17.0. The van der Waals surface area contributed by atoms with Crippen molar-refractivity contribution in [1.82, 2.24) is 15.0 Å². The van der Waals surface area contributed by atoms with Gasteiger partial charge in [-0.1, -0.05) is 80.4 Å². The molecule has 1 aromatic heterocycles. The van der Waals surface area contributed by atoms with E-state index in [1.807, 2.05) is 48.5 Å². The molecule has 3 aromatic rings. The van der Waals surface area contributed by atoms with Gasteiger partial charge in [-0.05, 0) is 31.0 Å². The Kier molecular flexibility index (Phi) is 5.09. The smallest absolute Gasteiger partial charge is 0.164 e. The van der Waals surface area contributed by atoms with Crippen molar-refractivity contribution in [2.75, 3.05) is 0 Å². The number of nitrogens with zero attached hydrogens (tertiary/aromatic N) is 3. The average Bonchev–Trinajstić information content (AvgIpc) is 2.68. The number of aromatic nitrogens is 3. The van der Waals surface area contributed by atoms with E-state index in [1.54, 1.807) is 0 Å². The molecule has 0 amide bonds. The monoisotopic (exact) mass is 467 g/mol. The first kappa shape index (κ1) is 17.3. The summed E-state index contributed by atoms with van der Waals surface area (Å²) < 4.78 is 1.95. The number of hydrogen-bond donors (Lipinski definition) is 0. The van der Waals surface area contributed by atoms with Gasteiger partial charge < -0.3 is 0 Å². The predicted molar refractivity (Wildman–Crippen MR) is 112 cm³/mol. The molecule has 5 heteroatoms. The lowest BCUT2D eigenvalue weighted by Crippen LogP contribution is -2.03. The fourth-order valence-corrected chi connectivity index (χ4v) is 4.11. The van der Waals surface area contributed by atoms with Gasteiger partial charge in [-0.25, -0.2) is 15.0 Å². The van der Waals surface area contributed by atoms with Crippen LogP contribution < -0.4 is 0 Å². The first-order chi connectivity index (χ1) is 12.7. The maximum Gasteiger partial charge on any atom is 0.164 e. The summed E-state index contributed by atoms with van der Waals surface area (Å²) in [5.41, 5.74) is 2.96. The van der Waals surface area contributed by atoms with Crippen LogP contribution in [0.1, 0.15) is 18.7 Å². The van der Waals surface area contributed by atoms with Crippen molar-refractivity contribution >= 4 is 37.4 Å². The van der Waals surface area contributed by atoms with Gasteiger partial charge in [0.1, 0.15) is 0 Å². The zero-order valence-electron chi connectivity index (χ0n) is 13.9. The summed E-state index contributed by atoms with van der Waals surface area (Å²) in [4.78, 5) is 14.2. The number of halogens is 2. The predicted octanol–water partition coefficient (Wildman–Crippen LogP) is 6.46. The van der Waals surface area contributed by atoms with Gasteiger partial charge in [-0.3, -0.25) is 0 Å². The van der Waals surface area contributed by atoms with Crippen LogP contribution in [0.4, 0.5) is 0 Å². The van der Waals surface area contributed by atoms with E-state index < -0.39 is 0 Å². The fourth-order valence-electron chi connectivity index (χ4n) is 2.81. The fraction of sp³-hybridized carbons (Fsp3) is 0.0952. The molecule has 0 bridgehead atoms. The van der Waals surface area contributed by atoms with Gasteiger partial charge in [0.15, 0.2) is 17.5 Å². The minimum absolute atomic E-state index is 0.663. The number of hydrogen-bond acceptors (Lipinski definition) is 3. The minimum atomic E-state index is 0.663. The highest BCUT2D eigenvalue weighted by Gasteiger charge is 2.14. The van der Waals surface area contributed by atoms with Crippen LogP contribution >= 0.6 is 31.9 Å². The van der Waals surface area contributed by atoms with Crippen molar-refractivity contribution < 1.29 is 0 Å². The van der Waals surface area contributed by atoms with E-state index in [9.17, 15) is 0 Å². The van der Waals surface area contributed by atoms with Crippen molar-refractivity contribution in [3.05, 3.63) is 81.5 Å². The second-order valence-electron chi connectivity index (χ2n) is 5.97. The van der Waals surface area contributed by atoms with Crippen molar-refractivity contribution in [3.8, 4) is 22.8 Å². The van der Waals surface area contributed by atoms with Gasteiger partial charge in [0.2, 0.25) is 0 Å². The second kappa shape index (κ2) is 7.64. The Labute approximate surface area is 169 Å². The van der Waals surface area contributed by atoms with E-state index in [4.69, 9.17) is 15.0 Å². The molecule has 0 spiro atoms. The maximum atomic E-state index is 4.75. The van der Waals surface area contributed by atoms with Crippen LogP contribution in [0.3, 0.4) is 0 Å². The Morgan fingerprint density at radius 1 is 0.692 bits per heavy atom. The third-order valence-electron chi connectivity index (χ3n) is 4.04. The Morgan fingerprint density at radius 3 is 2.00 bits per heavy atom. The van der Waals surface area contributed by atoms with Crippen LogP contribution in [0.2, 0.25) is 0 Å². The molecule has 128 valence electrons. The van der Waals surface area contributed by atoms with Gasteiger partial charge in [0.25, 0.3) is 0 Å². The van der Waals surface area contributed by atoms with E-state index in [-0.39, 0.29) is 0 Å². The molecule has 0 N–H and O–H groups in total. The molecule has 0 saturated heterocycles. The molecule has 1 aliphatic rings. The summed E-state index contributed by atoms with van der Waals surface area (Å²) in [5, 5.41) is 0. The summed E-state index contributed by atoms with van der Waals surface area (Å²) in [6.45, 7) is 0. The van der Waals surface area contributed by atoms with Gasteiger partial charge in [0.05, 0.1) is 0 Å². The second-order valence-corrected chi connectivity index (χ2v) is 7.80. The van der Waals surface area contributed by atoms with Crippen LogP contribution in [-0.4, -0.2) is 15.0 Å². The highest BCUT2D eigenvalue weighted by molar-refractivity contribution is 9.11. The van der Waals surface area contributed by atoms with Crippen molar-refractivity contribution in [2.45, 2.75) is 12.8 Å². The Hall–Kier alpha value is -2.11. The summed E-state index contributed by atoms with van der Waals surface area (Å²) in [5.74, 6) is 2.05. The summed E-state index contributed by atoms with van der Waals surface area (Å²) in [7, 11) is 0. The number of allylic oxidation sites excluding steroid dienone is 4. The van der Waals surface area contributed by atoms with E-state index in [1.165, 1.54) is 0 Å². The standard InChI is InChI=1S/C21H15Br2N3/c22-17-11-16(12-18(23)13-17)21-25-19(14-7-3-1-4-8-14)24-20(26-21)15-9-5-2-6-10-15/h1,3-5,7-13H,2,6H2. The first-order valence-corrected chi connectivity index (χ1v) is 9.93. The minimum Gasteiger partial charge on any atom is -0.208 e. The van der Waals surface area contributed by atoms with Crippen LogP contribution in [0.5, 0.6) is 0 Å². The summed E-state index contributed by atoms with van der Waals surface area (Å²) in [6, 6.07) is 16.0. The molecule has 0 unspecified atom stereocenters. The average molecular weight is 469 g/mol. The molecule has 0 radical (unpaired) electrons. The molecule has 1 heterocycles. The van der Waals surface area contributed by atoms with Crippen LogP contribution in [0.25, 0.3) is 28.3 Å². The quantitative estimate of drug-likeness (QED) is 0.442. The van der Waals surface area contributed by atoms with E-state index in [0.717, 1.165) is 38.5 Å². The summed E-state index contributed by atoms with van der Waals surface area (Å²) >= 11 is 7.09. The van der Waals surface area contributed by atoms with Crippen LogP contribution in [0.15, 0.2) is 75.7 Å². The summed E-state index contributed by atoms with van der Waals surface area (Å²) in [6.07, 6.45) is 8.51. The molecule has 3 nitrogen and oxygen atoms in total. The van der Waals surface area contributed by atoms with Crippen molar-refractivity contribution in [3.63, 3.8) is 0 Å². The molecule has 0 atom stereocenters. The largest absolute Gasteiger partial charge is 0.208 e. The molecule has 1 aliphatic carbocycles. The third kappa shape index (κ3) is 3.84. The molecular weight excluding hydrogens is 454 g/mol. The lowest BCUT2D eigenvalue weighted by atomic mass is 10.1. The SMILES string of the molecule is Brc1cc(Br)cc(-c2nc(C3=CCCC=C3)nc(-c3ccccc3)n2)c1. The van der Waals surface area contributed by atoms with E-state index in [2.05, 4.69) is 50.1 Å². The van der Waals surface area contributed by atoms with Crippen molar-refractivity contribution in [1.29, 1.82) is 0 Å². The topological polar surface area (TPSA) is 38.7 Å². The maximum absolute atomic E-state index is 4.75. The van der Waals surface area contributed by atoms with Crippen LogP contribution in [0, 0.1) is 0 Å². The lowest BCUT2D eigenvalue weighted by molar-refractivity contribution is 1.01. The van der Waals surface area contributed by atoms with Crippen LogP contribution in [-0.2, 0) is 0 Å². The molecule has 0 saturated carbocycles. The van der Waals surface area contributed by atoms with E-state index in [0.29, 0.717) is 17.5 Å². The first-order valence-electron chi connectivity index (χ1n) is 8.34. The molecular formula is C21H15Br2N3. The number of rotatable bonds is 3. The number of benzene rings is 2. The Bertz CT molecular complexity index is 991. The van der Waals surface area contributed by atoms with E-state index >= 15 is 0 Å². The Balaban J connectivity index is 1.90. The van der Waals surface area contributed by atoms with Gasteiger partial charge in [-0.15, -0.1) is 0 Å². The molecule has 0 aliphatic heterocycles. The third-order valence-corrected chi connectivity index (χ3v) is 4.96. The highest BCUT2D eigenvalue weighted by atomic mass is 79.9. The molecule has 0 fully saturated rings. The van der Waals surface area contributed by atoms with Gasteiger partial charge in [-0.2, -0.15) is 0 Å². The van der Waals surface area contributed by atoms with Gasteiger partial charge >= 0.3 is 0 Å². The Morgan fingerprint density at radius 2 is 1.35 bits per heavy atom. The molecule has 2 aromatic carbocycles. The van der Waals surface area contributed by atoms with Gasteiger partial charge in [0, 0.05) is 25.6 Å². The highest BCUT2D eigenvalue weighted by Crippen LogP contribution is 2.28. The normalized spacial score (nSPS) is 13.5. The molecule has 4 rings (SSSR count). The van der Waals surface area contributed by atoms with Crippen molar-refractivity contribution in [2.24, 2.45) is 0 Å².